The van der Waals surface area contributed by atoms with Gasteiger partial charge in [-0.25, -0.2) is 33.5 Å². The van der Waals surface area contributed by atoms with Gasteiger partial charge in [0.05, 0.1) is 24.7 Å². The van der Waals surface area contributed by atoms with Gasteiger partial charge in [0, 0.05) is 38.1 Å². The van der Waals surface area contributed by atoms with Crippen LogP contribution in [0.1, 0.15) is 13.0 Å². The number of pyridine rings is 1. The Morgan fingerprint density at radius 1 is 1.18 bits per heavy atom. The number of nitrogens with one attached hydrogen (secondary N) is 1. The molecule has 1 amide bonds. The maximum Gasteiger partial charge on any atom is 0.332 e. The second kappa shape index (κ2) is 9.14. The van der Waals surface area contributed by atoms with E-state index in [2.05, 4.69) is 25.3 Å². The number of carbonyl (C=O) groups is 2. The fourth-order valence-corrected chi connectivity index (χ4v) is 5.14. The summed E-state index contributed by atoms with van der Waals surface area (Å²) < 4.78 is 30.2. The van der Waals surface area contributed by atoms with Gasteiger partial charge < -0.3 is 19.6 Å². The lowest BCUT2D eigenvalue weighted by Gasteiger charge is -2.20. The molecule has 6 rings (SSSR count). The molecular weight excluding hydrogens is 528 g/mol. The van der Waals surface area contributed by atoms with Gasteiger partial charge in [-0.05, 0) is 25.1 Å². The summed E-state index contributed by atoms with van der Waals surface area (Å²) in [5.41, 5.74) is -0.777. The van der Waals surface area contributed by atoms with Gasteiger partial charge in [-0.15, -0.1) is 0 Å². The van der Waals surface area contributed by atoms with Crippen LogP contribution in [0.15, 0.2) is 46.5 Å². The van der Waals surface area contributed by atoms with Gasteiger partial charge in [-0.1, -0.05) is 0 Å². The summed E-state index contributed by atoms with van der Waals surface area (Å²) in [4.78, 5) is 68.5. The Morgan fingerprint density at radius 2 is 1.93 bits per heavy atom. The van der Waals surface area contributed by atoms with E-state index in [9.17, 15) is 28.0 Å². The van der Waals surface area contributed by atoms with Crippen molar-refractivity contribution in [3.63, 3.8) is 0 Å². The summed E-state index contributed by atoms with van der Waals surface area (Å²) in [5.74, 6) is -3.21. The highest BCUT2D eigenvalue weighted by molar-refractivity contribution is 5.93. The first-order valence-corrected chi connectivity index (χ1v) is 12.4. The quantitative estimate of drug-likeness (QED) is 0.330. The minimum atomic E-state index is -2.56. The molecule has 2 fully saturated rings. The lowest BCUT2D eigenvalue weighted by Crippen LogP contribution is -2.40. The predicted octanol–water partition coefficient (Wildman–Crippen LogP) is 0.849. The number of hydrogen-bond donors (Lipinski definition) is 1. The van der Waals surface area contributed by atoms with Crippen molar-refractivity contribution in [3.8, 4) is 11.4 Å². The van der Waals surface area contributed by atoms with E-state index in [0.29, 0.717) is 23.5 Å². The van der Waals surface area contributed by atoms with Crippen LogP contribution < -0.4 is 21.5 Å². The fraction of sp³-hybridized carbons (Fsp3) is 0.360. The van der Waals surface area contributed by atoms with Crippen LogP contribution in [0.2, 0.25) is 0 Å². The van der Waals surface area contributed by atoms with Gasteiger partial charge in [-0.2, -0.15) is 0 Å². The summed E-state index contributed by atoms with van der Waals surface area (Å²) in [6, 6.07) is 4.03. The number of fused-ring (bicyclic) bond motifs is 2. The Morgan fingerprint density at radius 3 is 2.60 bits per heavy atom. The SMILES string of the molecule is C[C@@H](C(=O)Nc1ccnc(-c2ccc(N3CC4C(C3)C4(F)F)nc2)n1)n1cnc2c1c(=O)n(CC=O)c(=O)n2C. The monoisotopic (exact) mass is 551 g/mol. The molecule has 13 nitrogen and oxygen atoms in total. The Labute approximate surface area is 224 Å². The highest BCUT2D eigenvalue weighted by Gasteiger charge is 2.71. The van der Waals surface area contributed by atoms with E-state index in [1.54, 1.807) is 25.3 Å². The van der Waals surface area contributed by atoms with Crippen molar-refractivity contribution in [3.05, 3.63) is 57.8 Å². The molecule has 3 atom stereocenters. The number of nitrogens with zero attached hydrogens (tertiary/aromatic N) is 8. The number of aryl methyl sites for hydroxylation is 1. The second-order valence-corrected chi connectivity index (χ2v) is 9.88. The molecule has 2 aliphatic rings. The molecule has 1 aliphatic carbocycles. The van der Waals surface area contributed by atoms with Gasteiger partial charge in [0.15, 0.2) is 17.0 Å². The molecule has 0 radical (unpaired) electrons. The molecule has 4 aromatic heterocycles. The number of aromatic nitrogens is 7. The van der Waals surface area contributed by atoms with Crippen molar-refractivity contribution in [2.45, 2.75) is 25.4 Å². The Hall–Kier alpha value is -4.82. The van der Waals surface area contributed by atoms with Crippen LogP contribution in [0.5, 0.6) is 0 Å². The smallest absolute Gasteiger partial charge is 0.332 e. The van der Waals surface area contributed by atoms with Crippen LogP contribution in [-0.2, 0) is 23.2 Å². The van der Waals surface area contributed by atoms with Crippen LogP contribution in [0.4, 0.5) is 20.4 Å². The summed E-state index contributed by atoms with van der Waals surface area (Å²) in [6.07, 6.45) is 4.74. The molecule has 5 heterocycles. The Bertz CT molecular complexity index is 1770. The largest absolute Gasteiger partial charge is 0.356 e. The normalized spacial score (nSPS) is 19.9. The van der Waals surface area contributed by atoms with Crippen molar-refractivity contribution in [2.24, 2.45) is 18.9 Å². The second-order valence-electron chi connectivity index (χ2n) is 9.88. The van der Waals surface area contributed by atoms with Gasteiger partial charge >= 0.3 is 5.69 Å². The van der Waals surface area contributed by atoms with Crippen molar-refractivity contribution >= 4 is 35.0 Å². The number of hydrogen-bond acceptors (Lipinski definition) is 9. The molecule has 0 aromatic carbocycles. The minimum absolute atomic E-state index is 0.000153. The highest BCUT2D eigenvalue weighted by atomic mass is 19.3. The molecule has 0 bridgehead atoms. The first-order valence-electron chi connectivity index (χ1n) is 12.4. The van der Waals surface area contributed by atoms with E-state index in [-0.39, 0.29) is 30.1 Å². The predicted molar refractivity (Wildman–Crippen MR) is 138 cm³/mol. The average Bonchev–Trinajstić information content (AvgIpc) is 3.38. The molecule has 40 heavy (non-hydrogen) atoms. The summed E-state index contributed by atoms with van der Waals surface area (Å²) in [6.45, 7) is 1.66. The van der Waals surface area contributed by atoms with Crippen molar-refractivity contribution in [2.75, 3.05) is 23.3 Å². The highest BCUT2D eigenvalue weighted by Crippen LogP contribution is 2.59. The standard InChI is InChI=1S/C25H23F2N9O4/c1-13(36-12-30-21-19(36)23(39)35(7-8-37)24(40)33(21)2)22(38)32-17-5-6-28-20(31-17)14-3-4-18(29-9-14)34-10-15-16(11-34)25(15,26)27/h3-6,8-9,12-13,15-16H,7,10-11H2,1-2H3,(H,28,31,32,38)/t13-,15?,16?/m0/s1. The molecule has 1 saturated heterocycles. The number of rotatable bonds is 7. The third-order valence-electron chi connectivity index (χ3n) is 7.55. The molecule has 1 saturated carbocycles. The molecule has 1 N–H and O–H groups in total. The maximum absolute atomic E-state index is 13.5. The summed E-state index contributed by atoms with van der Waals surface area (Å²) in [5, 5.41) is 2.69. The number of piperidine rings is 1. The zero-order valence-corrected chi connectivity index (χ0v) is 21.4. The van der Waals surface area contributed by atoms with Gasteiger partial charge in [0.1, 0.15) is 24.0 Å². The zero-order valence-electron chi connectivity index (χ0n) is 21.4. The van der Waals surface area contributed by atoms with Crippen molar-refractivity contribution in [1.29, 1.82) is 0 Å². The number of aldehydes is 1. The number of amides is 1. The molecule has 2 unspecified atom stereocenters. The number of alkyl halides is 2. The lowest BCUT2D eigenvalue weighted by molar-refractivity contribution is -0.118. The van der Waals surface area contributed by atoms with Gasteiger partial charge in [0.2, 0.25) is 5.91 Å². The van der Waals surface area contributed by atoms with Crippen LogP contribution in [0, 0.1) is 11.8 Å². The first-order chi connectivity index (χ1) is 19.1. The van der Waals surface area contributed by atoms with E-state index >= 15 is 0 Å². The van der Waals surface area contributed by atoms with Crippen LogP contribution in [0.25, 0.3) is 22.6 Å². The van der Waals surface area contributed by atoms with Gasteiger partial charge in [-0.3, -0.25) is 18.7 Å². The Balaban J connectivity index is 1.20. The van der Waals surface area contributed by atoms with E-state index in [4.69, 9.17) is 0 Å². The van der Waals surface area contributed by atoms with Gasteiger partial charge in [0.25, 0.3) is 11.5 Å². The van der Waals surface area contributed by atoms with E-state index in [0.717, 1.165) is 9.13 Å². The van der Waals surface area contributed by atoms with Crippen LogP contribution >= 0.6 is 0 Å². The van der Waals surface area contributed by atoms with Crippen LogP contribution in [-0.4, -0.2) is 64.8 Å². The van der Waals surface area contributed by atoms with Crippen LogP contribution in [0.3, 0.4) is 0 Å². The third kappa shape index (κ3) is 3.96. The summed E-state index contributed by atoms with van der Waals surface area (Å²) >= 11 is 0. The zero-order chi connectivity index (χ0) is 28.3. The number of carbonyl (C=O) groups excluding carboxylic acids is 2. The molecule has 0 spiro atoms. The molecule has 15 heteroatoms. The molecule has 206 valence electrons. The number of halogens is 2. The lowest BCUT2D eigenvalue weighted by atomic mass is 10.2. The Kier molecular flexibility index (Phi) is 5.81. The van der Waals surface area contributed by atoms with E-state index in [1.807, 2.05) is 4.90 Å². The fourth-order valence-electron chi connectivity index (χ4n) is 5.14. The molecule has 1 aliphatic heterocycles. The summed E-state index contributed by atoms with van der Waals surface area (Å²) in [7, 11) is 1.42. The first kappa shape index (κ1) is 25.5. The number of imidazole rings is 1. The number of anilines is 2. The molecule has 4 aromatic rings. The average molecular weight is 552 g/mol. The topological polar surface area (TPSA) is 150 Å². The molecular formula is C25H23F2N9O4. The third-order valence-corrected chi connectivity index (χ3v) is 7.55. The van der Waals surface area contributed by atoms with E-state index in [1.165, 1.54) is 30.2 Å². The van der Waals surface area contributed by atoms with Crippen molar-refractivity contribution in [1.82, 2.24) is 33.6 Å². The maximum atomic E-state index is 13.5. The minimum Gasteiger partial charge on any atom is -0.356 e. The van der Waals surface area contributed by atoms with E-state index < -0.39 is 47.5 Å². The van der Waals surface area contributed by atoms with Crippen molar-refractivity contribution < 1.29 is 18.4 Å².